The van der Waals surface area contributed by atoms with Gasteiger partial charge in [-0.25, -0.2) is 4.98 Å². The number of carbonyl (C=O) groups is 2. The average molecular weight is 279 g/mol. The predicted octanol–water partition coefficient (Wildman–Crippen LogP) is 0.391. The molecule has 1 aromatic heterocycles. The molecule has 1 saturated carbocycles. The number of carbonyl (C=O) groups excluding carboxylic acids is 1. The van der Waals surface area contributed by atoms with Crippen LogP contribution in [0, 0.1) is 11.8 Å². The minimum Gasteiger partial charge on any atom is -0.481 e. The van der Waals surface area contributed by atoms with Crippen LogP contribution in [0.25, 0.3) is 0 Å². The molecular formula is C13H17N3O4. The van der Waals surface area contributed by atoms with Gasteiger partial charge in [0.15, 0.2) is 0 Å². The summed E-state index contributed by atoms with van der Waals surface area (Å²) in [7, 11) is 0. The molecule has 7 nitrogen and oxygen atoms in total. The number of aromatic amines is 1. The Labute approximate surface area is 115 Å². The first-order valence-corrected chi connectivity index (χ1v) is 6.63. The molecule has 1 aliphatic carbocycles. The lowest BCUT2D eigenvalue weighted by molar-refractivity contribution is -0.144. The van der Waals surface area contributed by atoms with Crippen LogP contribution >= 0.6 is 0 Å². The highest BCUT2D eigenvalue weighted by atomic mass is 16.4. The summed E-state index contributed by atoms with van der Waals surface area (Å²) in [5, 5.41) is 11.8. The first kappa shape index (κ1) is 14.2. The van der Waals surface area contributed by atoms with E-state index in [-0.39, 0.29) is 17.2 Å². The molecule has 0 aromatic carbocycles. The predicted molar refractivity (Wildman–Crippen MR) is 70.3 cm³/mol. The zero-order chi connectivity index (χ0) is 14.5. The SMILES string of the molecule is O=C(NCC1CCCCC1C(=O)O)c1c[nH]c(=O)cn1. The van der Waals surface area contributed by atoms with Gasteiger partial charge < -0.3 is 15.4 Å². The Morgan fingerprint density at radius 2 is 2.15 bits per heavy atom. The molecule has 1 amide bonds. The molecule has 2 atom stereocenters. The van der Waals surface area contributed by atoms with Crippen molar-refractivity contribution >= 4 is 11.9 Å². The molecule has 2 unspecified atom stereocenters. The maximum atomic E-state index is 11.8. The molecule has 3 N–H and O–H groups in total. The molecule has 20 heavy (non-hydrogen) atoms. The van der Waals surface area contributed by atoms with Crippen LogP contribution < -0.4 is 10.9 Å². The number of amides is 1. The third kappa shape index (κ3) is 3.43. The maximum Gasteiger partial charge on any atom is 0.306 e. The Balaban J connectivity index is 1.93. The monoisotopic (exact) mass is 279 g/mol. The first-order valence-electron chi connectivity index (χ1n) is 6.63. The number of carboxylic acid groups (broad SMARTS) is 1. The van der Waals surface area contributed by atoms with Crippen molar-refractivity contribution in [1.82, 2.24) is 15.3 Å². The summed E-state index contributed by atoms with van der Waals surface area (Å²) in [6.45, 7) is 0.316. The Hall–Kier alpha value is -2.18. The fraction of sp³-hybridized carbons (Fsp3) is 0.538. The van der Waals surface area contributed by atoms with Crippen LogP contribution in [0.5, 0.6) is 0 Å². The second kappa shape index (κ2) is 6.31. The van der Waals surface area contributed by atoms with Crippen molar-refractivity contribution in [2.45, 2.75) is 25.7 Å². The van der Waals surface area contributed by atoms with Crippen LogP contribution in [0.4, 0.5) is 0 Å². The van der Waals surface area contributed by atoms with Gasteiger partial charge in [0, 0.05) is 12.7 Å². The molecule has 1 aliphatic rings. The van der Waals surface area contributed by atoms with E-state index in [4.69, 9.17) is 5.11 Å². The summed E-state index contributed by atoms with van der Waals surface area (Å²) in [5.74, 6) is -1.65. The van der Waals surface area contributed by atoms with E-state index in [0.717, 1.165) is 25.5 Å². The lowest BCUT2D eigenvalue weighted by Crippen LogP contribution is -2.37. The van der Waals surface area contributed by atoms with E-state index in [2.05, 4.69) is 15.3 Å². The van der Waals surface area contributed by atoms with Gasteiger partial charge in [0.2, 0.25) is 0 Å². The molecule has 2 rings (SSSR count). The number of aliphatic carboxylic acids is 1. The number of hydrogen-bond donors (Lipinski definition) is 3. The minimum atomic E-state index is -0.800. The van der Waals surface area contributed by atoms with Crippen LogP contribution in [0.15, 0.2) is 17.2 Å². The van der Waals surface area contributed by atoms with Crippen molar-refractivity contribution < 1.29 is 14.7 Å². The van der Waals surface area contributed by atoms with Gasteiger partial charge in [-0.05, 0) is 18.8 Å². The molecule has 108 valence electrons. The van der Waals surface area contributed by atoms with Gasteiger partial charge in [-0.15, -0.1) is 0 Å². The topological polar surface area (TPSA) is 112 Å². The van der Waals surface area contributed by atoms with Crippen molar-refractivity contribution in [3.63, 3.8) is 0 Å². The standard InChI is InChI=1S/C13H17N3O4/c17-11-7-14-10(6-15-11)12(18)16-5-8-3-1-2-4-9(8)13(19)20/h6-9H,1-5H2,(H,15,17)(H,16,18)(H,19,20). The average Bonchev–Trinajstić information content (AvgIpc) is 2.45. The van der Waals surface area contributed by atoms with E-state index in [1.165, 1.54) is 6.20 Å². The van der Waals surface area contributed by atoms with Gasteiger partial charge in [-0.2, -0.15) is 0 Å². The van der Waals surface area contributed by atoms with Gasteiger partial charge in [0.1, 0.15) is 5.69 Å². The Kier molecular flexibility index (Phi) is 4.49. The number of hydrogen-bond acceptors (Lipinski definition) is 4. The number of carboxylic acids is 1. The van der Waals surface area contributed by atoms with E-state index in [1.807, 2.05) is 0 Å². The Bertz CT molecular complexity index is 534. The molecule has 1 heterocycles. The lowest BCUT2D eigenvalue weighted by atomic mass is 9.79. The smallest absolute Gasteiger partial charge is 0.306 e. The summed E-state index contributed by atoms with van der Waals surface area (Å²) in [4.78, 5) is 39.9. The molecule has 7 heteroatoms. The van der Waals surface area contributed by atoms with Crippen molar-refractivity contribution in [2.24, 2.45) is 11.8 Å². The summed E-state index contributed by atoms with van der Waals surface area (Å²) in [6, 6.07) is 0. The molecular weight excluding hydrogens is 262 g/mol. The molecule has 0 spiro atoms. The number of rotatable bonds is 4. The third-order valence-electron chi connectivity index (χ3n) is 3.66. The van der Waals surface area contributed by atoms with Gasteiger partial charge in [-0.3, -0.25) is 14.4 Å². The number of nitrogens with one attached hydrogen (secondary N) is 2. The Morgan fingerprint density at radius 1 is 1.40 bits per heavy atom. The maximum absolute atomic E-state index is 11.8. The van der Waals surface area contributed by atoms with Crippen molar-refractivity contribution in [2.75, 3.05) is 6.54 Å². The van der Waals surface area contributed by atoms with Gasteiger partial charge in [0.05, 0.1) is 12.1 Å². The van der Waals surface area contributed by atoms with Crippen LogP contribution in [-0.2, 0) is 4.79 Å². The fourth-order valence-corrected chi connectivity index (χ4v) is 2.56. The highest BCUT2D eigenvalue weighted by Crippen LogP contribution is 2.29. The molecule has 0 aliphatic heterocycles. The molecule has 1 fully saturated rings. The number of H-pyrrole nitrogens is 1. The van der Waals surface area contributed by atoms with Gasteiger partial charge >= 0.3 is 5.97 Å². The Morgan fingerprint density at radius 3 is 2.80 bits per heavy atom. The molecule has 0 radical (unpaired) electrons. The fourth-order valence-electron chi connectivity index (χ4n) is 2.56. The quantitative estimate of drug-likeness (QED) is 0.738. The van der Waals surface area contributed by atoms with Crippen molar-refractivity contribution in [3.8, 4) is 0 Å². The second-order valence-electron chi connectivity index (χ2n) is 5.00. The summed E-state index contributed by atoms with van der Waals surface area (Å²) in [6.07, 6.45) is 5.65. The van der Waals surface area contributed by atoms with Crippen molar-refractivity contribution in [3.05, 3.63) is 28.4 Å². The van der Waals surface area contributed by atoms with Crippen molar-refractivity contribution in [1.29, 1.82) is 0 Å². The van der Waals surface area contributed by atoms with E-state index < -0.39 is 17.8 Å². The van der Waals surface area contributed by atoms with E-state index in [0.29, 0.717) is 13.0 Å². The van der Waals surface area contributed by atoms with E-state index in [1.54, 1.807) is 0 Å². The zero-order valence-corrected chi connectivity index (χ0v) is 11.0. The van der Waals surface area contributed by atoms with E-state index in [9.17, 15) is 14.4 Å². The first-order chi connectivity index (χ1) is 9.58. The molecule has 0 saturated heterocycles. The largest absolute Gasteiger partial charge is 0.481 e. The normalized spacial score (nSPS) is 22.2. The molecule has 0 bridgehead atoms. The second-order valence-corrected chi connectivity index (χ2v) is 5.00. The van der Waals surface area contributed by atoms with Gasteiger partial charge in [0.25, 0.3) is 11.5 Å². The highest BCUT2D eigenvalue weighted by molar-refractivity contribution is 5.91. The van der Waals surface area contributed by atoms with Crippen LogP contribution in [-0.4, -0.2) is 33.5 Å². The summed E-state index contributed by atoms with van der Waals surface area (Å²) >= 11 is 0. The highest BCUT2D eigenvalue weighted by Gasteiger charge is 2.30. The third-order valence-corrected chi connectivity index (χ3v) is 3.66. The number of nitrogens with zero attached hydrogens (tertiary/aromatic N) is 1. The zero-order valence-electron chi connectivity index (χ0n) is 11.0. The number of aromatic nitrogens is 2. The summed E-state index contributed by atoms with van der Waals surface area (Å²) in [5.41, 5.74) is -0.257. The minimum absolute atomic E-state index is 0.0482. The van der Waals surface area contributed by atoms with Crippen LogP contribution in [0.1, 0.15) is 36.2 Å². The van der Waals surface area contributed by atoms with Crippen LogP contribution in [0.3, 0.4) is 0 Å². The van der Waals surface area contributed by atoms with Gasteiger partial charge in [-0.1, -0.05) is 12.8 Å². The van der Waals surface area contributed by atoms with E-state index >= 15 is 0 Å². The lowest BCUT2D eigenvalue weighted by Gasteiger charge is -2.28. The molecule has 1 aromatic rings. The summed E-state index contributed by atoms with van der Waals surface area (Å²) < 4.78 is 0. The van der Waals surface area contributed by atoms with Crippen LogP contribution in [0.2, 0.25) is 0 Å².